The van der Waals surface area contributed by atoms with E-state index in [1.807, 2.05) is 0 Å². The number of esters is 2. The Morgan fingerprint density at radius 3 is 1.40 bits per heavy atom. The number of phosphoric ester groups is 1. The Bertz CT molecular complexity index is 1010. The van der Waals surface area contributed by atoms with E-state index in [1.54, 1.807) is 0 Å². The number of carbonyl (C=O) groups excluding carboxylic acids is 2. The second kappa shape index (κ2) is 36.9. The van der Waals surface area contributed by atoms with E-state index in [0.29, 0.717) is 12.8 Å². The Balaban J connectivity index is 4.41. The van der Waals surface area contributed by atoms with Crippen LogP contribution in [0, 0.1) is 0 Å². The molecule has 0 heterocycles. The monoisotopic (exact) mass is 774 g/mol. The molecule has 4 N–H and O–H groups in total. The molecule has 0 aromatic heterocycles. The van der Waals surface area contributed by atoms with Crippen LogP contribution in [0.2, 0.25) is 0 Å². The summed E-state index contributed by atoms with van der Waals surface area (Å²) in [6.45, 7) is 2.76. The first-order valence-corrected chi connectivity index (χ1v) is 22.4. The number of hydrogen-bond donors (Lipinski definition) is 3. The Morgan fingerprint density at radius 2 is 0.943 bits per heavy atom. The lowest BCUT2D eigenvalue weighted by atomic mass is 10.1. The molecule has 0 saturated heterocycles. The van der Waals surface area contributed by atoms with Crippen molar-refractivity contribution in [2.24, 2.45) is 5.73 Å². The van der Waals surface area contributed by atoms with Crippen LogP contribution in [-0.4, -0.2) is 59.9 Å². The van der Waals surface area contributed by atoms with E-state index >= 15 is 0 Å². The standard InChI is InChI=1S/C41H76NO10P/c1-3-5-7-9-11-13-15-17-18-19-21-23-25-27-29-31-33-40(44)52-37(35-50-53(47,48)51-36-38(42)41(45)46)34-49-39(43)32-30-28-26-24-22-20-16-14-12-10-8-6-4-2/h14,16,18-19,37-38H,3-13,15,17,20-36,42H2,1-2H3,(H,45,46)(H,47,48)/b16-14-,19-18-/t37-,38+/m1/s1. The lowest BCUT2D eigenvalue weighted by molar-refractivity contribution is -0.161. The third-order valence-electron chi connectivity index (χ3n) is 8.92. The highest BCUT2D eigenvalue weighted by molar-refractivity contribution is 7.47. The van der Waals surface area contributed by atoms with Crippen molar-refractivity contribution < 1.29 is 47.5 Å². The number of allylic oxidation sites excluding steroid dienone is 4. The van der Waals surface area contributed by atoms with Gasteiger partial charge in [0.1, 0.15) is 12.6 Å². The smallest absolute Gasteiger partial charge is 0.472 e. The van der Waals surface area contributed by atoms with Gasteiger partial charge >= 0.3 is 25.7 Å². The lowest BCUT2D eigenvalue weighted by Crippen LogP contribution is -2.34. The van der Waals surface area contributed by atoms with Crippen molar-refractivity contribution >= 4 is 25.7 Å². The van der Waals surface area contributed by atoms with Crippen molar-refractivity contribution in [1.82, 2.24) is 0 Å². The average molecular weight is 774 g/mol. The van der Waals surface area contributed by atoms with E-state index in [-0.39, 0.29) is 19.4 Å². The second-order valence-corrected chi connectivity index (χ2v) is 15.6. The molecule has 310 valence electrons. The summed E-state index contributed by atoms with van der Waals surface area (Å²) in [7, 11) is -4.71. The minimum absolute atomic E-state index is 0.151. The Kier molecular flexibility index (Phi) is 35.5. The molecule has 0 amide bonds. The predicted octanol–water partition coefficient (Wildman–Crippen LogP) is 10.7. The number of phosphoric acid groups is 1. The quantitative estimate of drug-likeness (QED) is 0.0235. The minimum atomic E-state index is -4.71. The number of aliphatic carboxylic acids is 1. The van der Waals surface area contributed by atoms with Crippen LogP contribution in [0.25, 0.3) is 0 Å². The third-order valence-corrected chi connectivity index (χ3v) is 9.87. The van der Waals surface area contributed by atoms with E-state index in [1.165, 1.54) is 70.6 Å². The molecule has 0 fully saturated rings. The van der Waals surface area contributed by atoms with Crippen LogP contribution >= 0.6 is 7.82 Å². The van der Waals surface area contributed by atoms with Crippen LogP contribution in [-0.2, 0) is 37.5 Å². The number of nitrogens with two attached hydrogens (primary N) is 1. The first-order valence-electron chi connectivity index (χ1n) is 20.9. The van der Waals surface area contributed by atoms with E-state index < -0.39 is 51.1 Å². The topological polar surface area (TPSA) is 172 Å². The highest BCUT2D eigenvalue weighted by atomic mass is 31.2. The molecule has 0 spiro atoms. The van der Waals surface area contributed by atoms with Gasteiger partial charge in [-0.15, -0.1) is 0 Å². The van der Waals surface area contributed by atoms with Crippen LogP contribution in [0.4, 0.5) is 0 Å². The van der Waals surface area contributed by atoms with Crippen LogP contribution in [0.3, 0.4) is 0 Å². The van der Waals surface area contributed by atoms with Gasteiger partial charge in [0.25, 0.3) is 0 Å². The number of carboxylic acids is 1. The Morgan fingerprint density at radius 1 is 0.566 bits per heavy atom. The van der Waals surface area contributed by atoms with Gasteiger partial charge in [-0.1, -0.05) is 134 Å². The highest BCUT2D eigenvalue weighted by Crippen LogP contribution is 2.43. The zero-order valence-corrected chi connectivity index (χ0v) is 34.3. The Labute approximate surface area is 321 Å². The molecular weight excluding hydrogens is 697 g/mol. The third kappa shape index (κ3) is 36.7. The van der Waals surface area contributed by atoms with Gasteiger partial charge in [-0.2, -0.15) is 0 Å². The molecule has 3 atom stereocenters. The van der Waals surface area contributed by atoms with Gasteiger partial charge in [0.05, 0.1) is 13.2 Å². The summed E-state index contributed by atoms with van der Waals surface area (Å²) >= 11 is 0. The van der Waals surface area contributed by atoms with Gasteiger partial charge in [0.15, 0.2) is 6.10 Å². The number of unbranched alkanes of at least 4 members (excludes halogenated alkanes) is 21. The molecule has 0 rings (SSSR count). The van der Waals surface area contributed by atoms with E-state index in [2.05, 4.69) is 42.7 Å². The number of hydrogen-bond acceptors (Lipinski definition) is 9. The van der Waals surface area contributed by atoms with Crippen molar-refractivity contribution in [2.75, 3.05) is 19.8 Å². The molecule has 0 saturated carbocycles. The molecule has 0 bridgehead atoms. The summed E-state index contributed by atoms with van der Waals surface area (Å²) < 4.78 is 32.6. The fourth-order valence-electron chi connectivity index (χ4n) is 5.58. The molecule has 11 nitrogen and oxygen atoms in total. The number of rotatable bonds is 39. The van der Waals surface area contributed by atoms with Crippen LogP contribution in [0.5, 0.6) is 0 Å². The van der Waals surface area contributed by atoms with Gasteiger partial charge in [-0.25, -0.2) is 4.57 Å². The number of ether oxygens (including phenoxy) is 2. The van der Waals surface area contributed by atoms with Gasteiger partial charge in [-0.05, 0) is 64.2 Å². The Hall–Kier alpha value is -2.04. The molecule has 0 aliphatic carbocycles. The maximum absolute atomic E-state index is 12.6. The maximum Gasteiger partial charge on any atom is 0.472 e. The summed E-state index contributed by atoms with van der Waals surface area (Å²) in [6, 6.07) is -1.52. The zero-order valence-electron chi connectivity index (χ0n) is 33.4. The average Bonchev–Trinajstić information content (AvgIpc) is 3.13. The van der Waals surface area contributed by atoms with Gasteiger partial charge in [-0.3, -0.25) is 23.4 Å². The van der Waals surface area contributed by atoms with Gasteiger partial charge in [0.2, 0.25) is 0 Å². The van der Waals surface area contributed by atoms with Crippen molar-refractivity contribution in [3.63, 3.8) is 0 Å². The number of carboxylic acid groups (broad SMARTS) is 1. The molecule has 12 heteroatoms. The summed E-state index contributed by atoms with van der Waals surface area (Å²) in [5.41, 5.74) is 5.32. The molecule has 0 aliphatic rings. The number of carbonyl (C=O) groups is 3. The van der Waals surface area contributed by atoms with E-state index in [0.717, 1.165) is 77.0 Å². The van der Waals surface area contributed by atoms with Crippen LogP contribution in [0.15, 0.2) is 24.3 Å². The molecular formula is C41H76NO10P. The van der Waals surface area contributed by atoms with E-state index in [9.17, 15) is 23.8 Å². The van der Waals surface area contributed by atoms with Gasteiger partial charge in [0, 0.05) is 12.8 Å². The summed E-state index contributed by atoms with van der Waals surface area (Å²) in [5, 5.41) is 8.87. The molecule has 0 aliphatic heterocycles. The van der Waals surface area contributed by atoms with Crippen LogP contribution < -0.4 is 5.73 Å². The normalized spacial score (nSPS) is 14.0. The maximum atomic E-state index is 12.6. The first kappa shape index (κ1) is 51.0. The molecule has 0 aromatic carbocycles. The van der Waals surface area contributed by atoms with Crippen molar-refractivity contribution in [1.29, 1.82) is 0 Å². The first-order chi connectivity index (χ1) is 25.6. The van der Waals surface area contributed by atoms with Crippen molar-refractivity contribution in [3.05, 3.63) is 24.3 Å². The van der Waals surface area contributed by atoms with Crippen molar-refractivity contribution in [3.8, 4) is 0 Å². The molecule has 0 radical (unpaired) electrons. The van der Waals surface area contributed by atoms with Gasteiger partial charge < -0.3 is 25.2 Å². The summed E-state index contributed by atoms with van der Waals surface area (Å²) in [4.78, 5) is 45.8. The molecule has 0 aromatic rings. The lowest BCUT2D eigenvalue weighted by Gasteiger charge is -2.20. The SMILES string of the molecule is CCCCCC/C=C\CCCCCCCC(=O)OC[C@H](COP(=O)(O)OC[C@H](N)C(=O)O)OC(=O)CCCCCCC/C=C\CCCCCCCCC. The fraction of sp³-hybridized carbons (Fsp3) is 0.829. The largest absolute Gasteiger partial charge is 0.480 e. The summed E-state index contributed by atoms with van der Waals surface area (Å²) in [6.07, 6.45) is 36.7. The molecule has 1 unspecified atom stereocenters. The second-order valence-electron chi connectivity index (χ2n) is 14.1. The molecule has 53 heavy (non-hydrogen) atoms. The summed E-state index contributed by atoms with van der Waals surface area (Å²) in [5.74, 6) is -2.40. The minimum Gasteiger partial charge on any atom is -0.480 e. The predicted molar refractivity (Wildman–Crippen MR) is 212 cm³/mol. The highest BCUT2D eigenvalue weighted by Gasteiger charge is 2.28. The van der Waals surface area contributed by atoms with Crippen LogP contribution in [0.1, 0.15) is 187 Å². The van der Waals surface area contributed by atoms with Crippen molar-refractivity contribution in [2.45, 2.75) is 199 Å². The fourth-order valence-corrected chi connectivity index (χ4v) is 6.36. The van der Waals surface area contributed by atoms with E-state index in [4.69, 9.17) is 24.8 Å². The zero-order chi connectivity index (χ0) is 39.3.